The van der Waals surface area contributed by atoms with Crippen LogP contribution in [0.3, 0.4) is 0 Å². The van der Waals surface area contributed by atoms with Crippen molar-refractivity contribution >= 4 is 17.3 Å². The summed E-state index contributed by atoms with van der Waals surface area (Å²) < 4.78 is 5.30. The zero-order valence-electron chi connectivity index (χ0n) is 9.40. The summed E-state index contributed by atoms with van der Waals surface area (Å²) in [6.07, 6.45) is 0.987. The first-order chi connectivity index (χ1) is 7.51. The van der Waals surface area contributed by atoms with Gasteiger partial charge >= 0.3 is 5.97 Å². The highest BCUT2D eigenvalue weighted by Gasteiger charge is 2.33. The Bertz CT molecular complexity index is 394. The topological polar surface area (TPSA) is 59.4 Å². The minimum Gasteiger partial charge on any atom is -0.481 e. The van der Waals surface area contributed by atoms with Crippen LogP contribution in [0.2, 0.25) is 0 Å². The Balaban J connectivity index is 2.21. The number of hydrogen-bond donors (Lipinski definition) is 1. The molecule has 0 spiro atoms. The lowest BCUT2D eigenvalue weighted by atomic mass is 9.90. The van der Waals surface area contributed by atoms with Crippen LogP contribution in [0.5, 0.6) is 0 Å². The molecule has 1 aromatic heterocycles. The van der Waals surface area contributed by atoms with Crippen LogP contribution in [-0.4, -0.2) is 29.3 Å². The van der Waals surface area contributed by atoms with Gasteiger partial charge in [0.2, 0.25) is 0 Å². The third-order valence-corrected chi connectivity index (χ3v) is 3.98. The molecule has 1 fully saturated rings. The number of ether oxygens (including phenoxy) is 1. The van der Waals surface area contributed by atoms with E-state index >= 15 is 0 Å². The van der Waals surface area contributed by atoms with Crippen molar-refractivity contribution in [3.05, 3.63) is 16.1 Å². The smallest absolute Gasteiger partial charge is 0.315 e. The predicted molar refractivity (Wildman–Crippen MR) is 61.0 cm³/mol. The van der Waals surface area contributed by atoms with E-state index in [0.717, 1.165) is 18.0 Å². The monoisotopic (exact) mass is 241 g/mol. The van der Waals surface area contributed by atoms with E-state index < -0.39 is 11.4 Å². The summed E-state index contributed by atoms with van der Waals surface area (Å²) >= 11 is 1.54. The molecular formula is C11H15NO3S. The van der Waals surface area contributed by atoms with Gasteiger partial charge in [0.15, 0.2) is 0 Å². The number of carboxylic acids is 1. The molecule has 1 unspecified atom stereocenters. The van der Waals surface area contributed by atoms with Crippen molar-refractivity contribution in [3.63, 3.8) is 0 Å². The summed E-state index contributed by atoms with van der Waals surface area (Å²) in [6, 6.07) is 0. The van der Waals surface area contributed by atoms with Gasteiger partial charge in [-0.25, -0.2) is 4.98 Å². The van der Waals surface area contributed by atoms with Crippen LogP contribution in [0.15, 0.2) is 5.38 Å². The number of rotatable bonds is 3. The molecule has 0 aliphatic carbocycles. The van der Waals surface area contributed by atoms with Crippen LogP contribution in [-0.2, 0) is 14.9 Å². The average Bonchev–Trinajstić information content (AvgIpc) is 2.88. The molecule has 5 heteroatoms. The van der Waals surface area contributed by atoms with Crippen molar-refractivity contribution in [2.75, 3.05) is 13.2 Å². The van der Waals surface area contributed by atoms with Gasteiger partial charge in [-0.3, -0.25) is 4.79 Å². The molecule has 0 amide bonds. The standard InChI is InChI=1S/C11H15NO3S/c1-11(2,10(13)14)8-6-16-9(12-8)7-3-4-15-5-7/h6-7H,3-5H2,1-2H3,(H,13,14). The van der Waals surface area contributed by atoms with Crippen molar-refractivity contribution in [2.24, 2.45) is 0 Å². The molecular weight excluding hydrogens is 226 g/mol. The van der Waals surface area contributed by atoms with Crippen LogP contribution in [0.25, 0.3) is 0 Å². The van der Waals surface area contributed by atoms with Gasteiger partial charge in [0.1, 0.15) is 5.41 Å². The highest BCUT2D eigenvalue weighted by Crippen LogP contribution is 2.31. The Hall–Kier alpha value is -0.940. The molecule has 1 N–H and O–H groups in total. The third kappa shape index (κ3) is 1.97. The quantitative estimate of drug-likeness (QED) is 0.879. The normalized spacial score (nSPS) is 21.2. The van der Waals surface area contributed by atoms with Crippen molar-refractivity contribution in [3.8, 4) is 0 Å². The highest BCUT2D eigenvalue weighted by molar-refractivity contribution is 7.09. The second kappa shape index (κ2) is 4.14. The molecule has 0 radical (unpaired) electrons. The van der Waals surface area contributed by atoms with Crippen molar-refractivity contribution < 1.29 is 14.6 Å². The Morgan fingerprint density at radius 3 is 3.00 bits per heavy atom. The lowest BCUT2D eigenvalue weighted by Crippen LogP contribution is -2.28. The van der Waals surface area contributed by atoms with Crippen LogP contribution < -0.4 is 0 Å². The van der Waals surface area contributed by atoms with Gasteiger partial charge in [0.25, 0.3) is 0 Å². The van der Waals surface area contributed by atoms with E-state index in [2.05, 4.69) is 4.98 Å². The minimum absolute atomic E-state index is 0.350. The maximum atomic E-state index is 11.1. The Morgan fingerprint density at radius 2 is 2.44 bits per heavy atom. The van der Waals surface area contributed by atoms with Gasteiger partial charge in [-0.2, -0.15) is 0 Å². The summed E-state index contributed by atoms with van der Waals surface area (Å²) in [4.78, 5) is 15.5. The maximum absolute atomic E-state index is 11.1. The molecule has 88 valence electrons. The molecule has 1 aliphatic heterocycles. The van der Waals surface area contributed by atoms with Crippen molar-refractivity contribution in [2.45, 2.75) is 31.6 Å². The molecule has 0 aromatic carbocycles. The van der Waals surface area contributed by atoms with Gasteiger partial charge in [-0.1, -0.05) is 0 Å². The highest BCUT2D eigenvalue weighted by atomic mass is 32.1. The zero-order valence-corrected chi connectivity index (χ0v) is 10.2. The van der Waals surface area contributed by atoms with Crippen LogP contribution in [0.4, 0.5) is 0 Å². The molecule has 1 aromatic rings. The summed E-state index contributed by atoms with van der Waals surface area (Å²) in [5.41, 5.74) is -0.263. The number of carboxylic acid groups (broad SMARTS) is 1. The Kier molecular flexibility index (Phi) is 2.99. The van der Waals surface area contributed by atoms with E-state index in [4.69, 9.17) is 9.84 Å². The van der Waals surface area contributed by atoms with Crippen molar-refractivity contribution in [1.29, 1.82) is 0 Å². The third-order valence-electron chi connectivity index (χ3n) is 2.98. The van der Waals surface area contributed by atoms with Crippen LogP contribution in [0, 0.1) is 0 Å². The van der Waals surface area contributed by atoms with Crippen molar-refractivity contribution in [1.82, 2.24) is 4.98 Å². The molecule has 1 aliphatic rings. The second-order valence-corrected chi connectivity index (χ2v) is 5.45. The van der Waals surface area contributed by atoms with Gasteiger partial charge < -0.3 is 9.84 Å². The molecule has 4 nitrogen and oxygen atoms in total. The molecule has 16 heavy (non-hydrogen) atoms. The number of thiazole rings is 1. The molecule has 0 bridgehead atoms. The first-order valence-electron chi connectivity index (χ1n) is 5.29. The number of aromatic nitrogens is 1. The summed E-state index contributed by atoms with van der Waals surface area (Å²) in [6.45, 7) is 4.85. The maximum Gasteiger partial charge on any atom is 0.315 e. The van der Waals surface area contributed by atoms with Gasteiger partial charge in [0.05, 0.1) is 17.3 Å². The number of nitrogens with zero attached hydrogens (tertiary/aromatic N) is 1. The van der Waals surface area contributed by atoms with Gasteiger partial charge in [-0.05, 0) is 20.3 Å². The number of hydrogen-bond acceptors (Lipinski definition) is 4. The minimum atomic E-state index is -0.909. The van der Waals surface area contributed by atoms with E-state index in [1.54, 1.807) is 13.8 Å². The molecule has 2 rings (SSSR count). The van der Waals surface area contributed by atoms with Crippen LogP contribution in [0.1, 0.15) is 36.9 Å². The zero-order chi connectivity index (χ0) is 11.8. The lowest BCUT2D eigenvalue weighted by molar-refractivity contribution is -0.142. The van der Waals surface area contributed by atoms with E-state index in [-0.39, 0.29) is 0 Å². The summed E-state index contributed by atoms with van der Waals surface area (Å²) in [5, 5.41) is 12.0. The molecule has 2 heterocycles. The largest absolute Gasteiger partial charge is 0.481 e. The second-order valence-electron chi connectivity index (χ2n) is 4.56. The fourth-order valence-electron chi connectivity index (χ4n) is 1.60. The fourth-order valence-corrected chi connectivity index (χ4v) is 2.71. The lowest BCUT2D eigenvalue weighted by Gasteiger charge is -2.15. The van der Waals surface area contributed by atoms with E-state index in [0.29, 0.717) is 18.2 Å². The van der Waals surface area contributed by atoms with Gasteiger partial charge in [-0.15, -0.1) is 11.3 Å². The summed E-state index contributed by atoms with van der Waals surface area (Å²) in [7, 11) is 0. The van der Waals surface area contributed by atoms with E-state index in [1.165, 1.54) is 11.3 Å². The van der Waals surface area contributed by atoms with E-state index in [9.17, 15) is 4.79 Å². The van der Waals surface area contributed by atoms with E-state index in [1.807, 2.05) is 5.38 Å². The molecule has 1 saturated heterocycles. The molecule has 1 atom stereocenters. The Labute approximate surface area is 98.3 Å². The first-order valence-corrected chi connectivity index (χ1v) is 6.17. The SMILES string of the molecule is CC(C)(C(=O)O)c1csc(C2CCOC2)n1. The van der Waals surface area contributed by atoms with Crippen LogP contribution >= 0.6 is 11.3 Å². The Morgan fingerprint density at radius 1 is 1.69 bits per heavy atom. The number of aliphatic carboxylic acids is 1. The van der Waals surface area contributed by atoms with Gasteiger partial charge in [0, 0.05) is 17.9 Å². The summed E-state index contributed by atoms with van der Waals surface area (Å²) in [5.74, 6) is -0.490. The number of carbonyl (C=O) groups is 1. The predicted octanol–water partition coefficient (Wildman–Crippen LogP) is 2.01. The first kappa shape index (κ1) is 11.5. The molecule has 0 saturated carbocycles. The fraction of sp³-hybridized carbons (Fsp3) is 0.636. The average molecular weight is 241 g/mol.